The van der Waals surface area contributed by atoms with Crippen molar-refractivity contribution in [2.45, 2.75) is 4.90 Å². The molecule has 0 unspecified atom stereocenters. The molecule has 2 radical (unpaired) electrons. The van der Waals surface area contributed by atoms with E-state index in [1.54, 1.807) is 12.1 Å². The van der Waals surface area contributed by atoms with Crippen molar-refractivity contribution in [3.8, 4) is 0 Å². The van der Waals surface area contributed by atoms with Crippen LogP contribution in [0.3, 0.4) is 0 Å². The van der Waals surface area contributed by atoms with Crippen molar-refractivity contribution in [1.82, 2.24) is 0 Å². The van der Waals surface area contributed by atoms with Gasteiger partial charge in [0, 0.05) is 0 Å². The molecule has 0 aliphatic rings. The van der Waals surface area contributed by atoms with Crippen LogP contribution in [0, 0.1) is 0 Å². The fourth-order valence-electron chi connectivity index (χ4n) is 0.719. The molecule has 0 aliphatic carbocycles. The number of carboxylic acids is 1. The van der Waals surface area contributed by atoms with Crippen LogP contribution < -0.4 is 4.35 Å². The average molecular weight is 228 g/mol. The van der Waals surface area contributed by atoms with Gasteiger partial charge in [-0.05, 0) is 0 Å². The Morgan fingerprint density at radius 2 is 2.09 bits per heavy atom. The molecule has 4 heteroatoms. The Labute approximate surface area is 78.5 Å². The van der Waals surface area contributed by atoms with Gasteiger partial charge in [0.05, 0.1) is 0 Å². The summed E-state index contributed by atoms with van der Waals surface area (Å²) in [7, 11) is 0. The van der Waals surface area contributed by atoms with E-state index in [9.17, 15) is 4.79 Å². The van der Waals surface area contributed by atoms with E-state index in [2.05, 4.69) is 29.5 Å². The molecule has 0 saturated carbocycles. The molecule has 0 amide bonds. The Morgan fingerprint density at radius 3 is 2.55 bits per heavy atom. The molecule has 0 saturated heterocycles. The van der Waals surface area contributed by atoms with Crippen LogP contribution in [0.25, 0.3) is 0 Å². The number of rotatable bonds is 1. The van der Waals surface area contributed by atoms with Crippen molar-refractivity contribution in [1.29, 1.82) is 0 Å². The van der Waals surface area contributed by atoms with Crippen LogP contribution in [0.1, 0.15) is 10.4 Å². The van der Waals surface area contributed by atoms with Gasteiger partial charge in [0.2, 0.25) is 0 Å². The first-order valence-electron chi connectivity index (χ1n) is 2.86. The van der Waals surface area contributed by atoms with Crippen LogP contribution >= 0.6 is 12.6 Å². The predicted octanol–water partition coefficient (Wildman–Crippen LogP) is 0.467. The molecule has 0 aliphatic heterocycles. The van der Waals surface area contributed by atoms with Crippen molar-refractivity contribution in [2.75, 3.05) is 0 Å². The first-order chi connectivity index (χ1) is 5.09. The first kappa shape index (κ1) is 8.69. The zero-order valence-corrected chi connectivity index (χ0v) is 8.25. The minimum atomic E-state index is -0.923. The Balaban J connectivity index is 3.19. The number of aromatic carboxylic acids is 1. The van der Waals surface area contributed by atoms with E-state index in [1.807, 2.05) is 0 Å². The number of benzene rings is 1. The zero-order chi connectivity index (χ0) is 8.43. The Hall–Kier alpha value is -0.402. The van der Waals surface area contributed by atoms with Crippen molar-refractivity contribution in [3.05, 3.63) is 23.8 Å². The molecule has 1 aromatic carbocycles. The van der Waals surface area contributed by atoms with E-state index in [0.717, 1.165) is 4.35 Å². The van der Waals surface area contributed by atoms with E-state index in [-0.39, 0.29) is 5.56 Å². The molecular weight excluding hydrogens is 223 g/mol. The van der Waals surface area contributed by atoms with Gasteiger partial charge < -0.3 is 0 Å². The van der Waals surface area contributed by atoms with Gasteiger partial charge in [-0.25, -0.2) is 0 Å². The van der Waals surface area contributed by atoms with Crippen LogP contribution in [-0.4, -0.2) is 27.9 Å². The number of thiol groups is 1. The quantitative estimate of drug-likeness (QED) is 0.541. The molecule has 2 nitrogen and oxygen atoms in total. The summed E-state index contributed by atoms with van der Waals surface area (Å²) in [4.78, 5) is 11.1. The van der Waals surface area contributed by atoms with Crippen LogP contribution in [0.2, 0.25) is 0 Å². The molecule has 11 heavy (non-hydrogen) atoms. The van der Waals surface area contributed by atoms with Crippen molar-refractivity contribution in [2.24, 2.45) is 0 Å². The third-order valence-electron chi connectivity index (χ3n) is 1.15. The molecule has 0 spiro atoms. The van der Waals surface area contributed by atoms with Gasteiger partial charge in [0.15, 0.2) is 0 Å². The number of hydrogen-bond acceptors (Lipinski definition) is 2. The van der Waals surface area contributed by atoms with Crippen LogP contribution in [-0.2, 0) is 0 Å². The summed E-state index contributed by atoms with van der Waals surface area (Å²) >= 11 is 6.33. The summed E-state index contributed by atoms with van der Waals surface area (Å²) in [5.74, 6) is -0.923. The van der Waals surface area contributed by atoms with E-state index in [0.29, 0.717) is 4.90 Å². The van der Waals surface area contributed by atoms with Crippen molar-refractivity contribution >= 4 is 39.8 Å². The van der Waals surface area contributed by atoms with Crippen LogP contribution in [0.15, 0.2) is 23.1 Å². The molecule has 0 bridgehead atoms. The zero-order valence-electron chi connectivity index (χ0n) is 5.48. The number of carbonyl (C=O) groups is 1. The molecule has 1 aromatic rings. The Kier molecular flexibility index (Phi) is 2.63. The maximum atomic E-state index is 10.5. The number of carboxylic acid groups (broad SMARTS) is 1. The van der Waals surface area contributed by atoms with E-state index in [1.165, 1.54) is 6.07 Å². The van der Waals surface area contributed by atoms with Crippen LogP contribution in [0.5, 0.6) is 0 Å². The van der Waals surface area contributed by atoms with Gasteiger partial charge in [-0.1, -0.05) is 0 Å². The summed E-state index contributed by atoms with van der Waals surface area (Å²) in [5.41, 5.74) is 0.271. The van der Waals surface area contributed by atoms with E-state index >= 15 is 0 Å². The Morgan fingerprint density at radius 1 is 1.45 bits per heavy atom. The molecule has 0 fully saturated rings. The van der Waals surface area contributed by atoms with E-state index < -0.39 is 5.97 Å². The molecule has 0 heterocycles. The third-order valence-corrected chi connectivity index (χ3v) is 1.95. The van der Waals surface area contributed by atoms with E-state index in [4.69, 9.17) is 5.11 Å². The third kappa shape index (κ3) is 2.28. The van der Waals surface area contributed by atoms with Gasteiger partial charge >= 0.3 is 78.4 Å². The van der Waals surface area contributed by atoms with Crippen molar-refractivity contribution < 1.29 is 9.90 Å². The minimum absolute atomic E-state index is 0.271. The second-order valence-electron chi connectivity index (χ2n) is 2.04. The summed E-state index contributed by atoms with van der Waals surface area (Å²) in [5, 5.41) is 8.59. The average Bonchev–Trinajstić information content (AvgIpc) is 1.85. The second-order valence-corrected chi connectivity index (χ2v) is 3.64. The molecular formula is C7H5AsO2S. The molecule has 0 atom stereocenters. The van der Waals surface area contributed by atoms with Gasteiger partial charge in [-0.15, -0.1) is 0 Å². The topological polar surface area (TPSA) is 37.3 Å². The first-order valence-corrected chi connectivity index (χ1v) is 4.24. The Bertz CT molecular complexity index is 278. The molecule has 1 N–H and O–H groups in total. The van der Waals surface area contributed by atoms with Gasteiger partial charge in [-0.2, -0.15) is 0 Å². The second kappa shape index (κ2) is 3.33. The predicted molar refractivity (Wildman–Crippen MR) is 46.0 cm³/mol. The summed E-state index contributed by atoms with van der Waals surface area (Å²) in [6.07, 6.45) is 0. The summed E-state index contributed by atoms with van der Waals surface area (Å²) in [6, 6.07) is 4.89. The maximum absolute atomic E-state index is 10.5. The fourth-order valence-corrected chi connectivity index (χ4v) is 1.80. The van der Waals surface area contributed by atoms with Crippen LogP contribution in [0.4, 0.5) is 0 Å². The van der Waals surface area contributed by atoms with Crippen molar-refractivity contribution in [3.63, 3.8) is 0 Å². The summed E-state index contributed by atoms with van der Waals surface area (Å²) in [6.45, 7) is 0. The summed E-state index contributed by atoms with van der Waals surface area (Å²) < 4.78 is 0.849. The number of hydrogen-bond donors (Lipinski definition) is 2. The van der Waals surface area contributed by atoms with Gasteiger partial charge in [-0.3, -0.25) is 0 Å². The molecule has 0 aromatic heterocycles. The van der Waals surface area contributed by atoms with Gasteiger partial charge in [0.1, 0.15) is 0 Å². The molecule has 1 rings (SSSR count). The monoisotopic (exact) mass is 228 g/mol. The molecule has 56 valence electrons. The van der Waals surface area contributed by atoms with Gasteiger partial charge in [0.25, 0.3) is 0 Å². The fraction of sp³-hybridized carbons (Fsp3) is 0. The normalized spacial score (nSPS) is 9.64. The SMILES string of the molecule is O=C(O)c1cc(S)cc([As])c1. The standard InChI is InChI=1S/C7H5AsO2S/c8-5-1-4(7(9)10)2-6(11)3-5/h1-3,11H,(H,9,10).